The van der Waals surface area contributed by atoms with Crippen molar-refractivity contribution in [3.8, 4) is 0 Å². The molecule has 0 unspecified atom stereocenters. The van der Waals surface area contributed by atoms with Crippen molar-refractivity contribution in [2.75, 3.05) is 5.32 Å². The average molecular weight is 511 g/mol. The standard InChI is InChI=1S/C20H27ClN8O4S/c1-4-5-6-16-22-17(21)15(12-30)29(16)11-13-7-9-14(10-8-13)34(32,33)26-20(2,3)18(31)23-19-24-27-28-25-19/h7-10,26,30H,4-6,11-12H2,1-3H3,(H2,23,24,25,27,28,31). The van der Waals surface area contributed by atoms with Crippen LogP contribution >= 0.6 is 11.6 Å². The smallest absolute Gasteiger partial charge is 0.269 e. The number of benzene rings is 1. The Labute approximate surface area is 202 Å². The number of carbonyl (C=O) groups excluding carboxylic acids is 1. The summed E-state index contributed by atoms with van der Waals surface area (Å²) >= 11 is 6.19. The number of hydrogen-bond donors (Lipinski definition) is 4. The number of imidazole rings is 1. The highest BCUT2D eigenvalue weighted by Gasteiger charge is 2.34. The minimum Gasteiger partial charge on any atom is -0.390 e. The maximum atomic E-state index is 12.9. The molecular weight excluding hydrogens is 484 g/mol. The normalized spacial score (nSPS) is 12.1. The van der Waals surface area contributed by atoms with Gasteiger partial charge in [-0.15, -0.1) is 5.10 Å². The van der Waals surface area contributed by atoms with Crippen molar-refractivity contribution < 1.29 is 18.3 Å². The fourth-order valence-electron chi connectivity index (χ4n) is 3.24. The SMILES string of the molecule is CCCCc1nc(Cl)c(CO)n1Cc1ccc(S(=O)(=O)NC(C)(C)C(=O)Nc2nn[nH]n2)cc1. The molecule has 4 N–H and O–H groups in total. The van der Waals surface area contributed by atoms with Crippen LogP contribution in [0.5, 0.6) is 0 Å². The first kappa shape index (κ1) is 25.7. The summed E-state index contributed by atoms with van der Waals surface area (Å²) in [5.41, 5.74) is -0.175. The van der Waals surface area contributed by atoms with Crippen molar-refractivity contribution in [2.24, 2.45) is 0 Å². The van der Waals surface area contributed by atoms with Crippen LogP contribution < -0.4 is 10.0 Å². The van der Waals surface area contributed by atoms with Gasteiger partial charge in [0.05, 0.1) is 17.2 Å². The number of aliphatic hydroxyl groups excluding tert-OH is 1. The molecule has 0 radical (unpaired) electrons. The summed E-state index contributed by atoms with van der Waals surface area (Å²) in [7, 11) is -4.02. The van der Waals surface area contributed by atoms with Crippen molar-refractivity contribution in [1.82, 2.24) is 34.9 Å². The van der Waals surface area contributed by atoms with Crippen LogP contribution in [0.25, 0.3) is 0 Å². The van der Waals surface area contributed by atoms with Gasteiger partial charge in [0.25, 0.3) is 5.95 Å². The van der Waals surface area contributed by atoms with Crippen molar-refractivity contribution in [2.45, 2.75) is 63.6 Å². The van der Waals surface area contributed by atoms with Crippen LogP contribution in [0.2, 0.25) is 5.15 Å². The fourth-order valence-corrected chi connectivity index (χ4v) is 4.87. The van der Waals surface area contributed by atoms with E-state index < -0.39 is 21.5 Å². The lowest BCUT2D eigenvalue weighted by Crippen LogP contribution is -2.52. The maximum Gasteiger partial charge on any atom is 0.269 e. The Bertz CT molecular complexity index is 1220. The summed E-state index contributed by atoms with van der Waals surface area (Å²) in [4.78, 5) is 16.8. The Morgan fingerprint density at radius 3 is 2.56 bits per heavy atom. The van der Waals surface area contributed by atoms with E-state index in [2.05, 4.69) is 42.6 Å². The van der Waals surface area contributed by atoms with E-state index in [-0.39, 0.29) is 22.6 Å². The number of unbranched alkanes of at least 4 members (excludes halogenated alkanes) is 1. The van der Waals surface area contributed by atoms with E-state index in [4.69, 9.17) is 11.6 Å². The molecule has 0 fully saturated rings. The van der Waals surface area contributed by atoms with Crippen molar-refractivity contribution >= 4 is 33.5 Å². The number of anilines is 1. The van der Waals surface area contributed by atoms with Gasteiger partial charge < -0.3 is 9.67 Å². The molecule has 0 saturated carbocycles. The molecule has 2 heterocycles. The second kappa shape index (κ2) is 10.6. The van der Waals surface area contributed by atoms with Gasteiger partial charge in [-0.1, -0.05) is 42.2 Å². The molecule has 1 amide bonds. The van der Waals surface area contributed by atoms with E-state index in [9.17, 15) is 18.3 Å². The molecule has 0 aliphatic rings. The van der Waals surface area contributed by atoms with Gasteiger partial charge in [0.15, 0.2) is 5.15 Å². The van der Waals surface area contributed by atoms with Crippen LogP contribution in [0, 0.1) is 0 Å². The molecule has 0 aliphatic carbocycles. The average Bonchev–Trinajstić information content (AvgIpc) is 3.39. The summed E-state index contributed by atoms with van der Waals surface area (Å²) in [5.74, 6) is 0.0487. The molecule has 3 aromatic rings. The first-order valence-electron chi connectivity index (χ1n) is 10.6. The predicted molar refractivity (Wildman–Crippen MR) is 125 cm³/mol. The molecule has 184 valence electrons. The van der Waals surface area contributed by atoms with E-state index in [1.807, 2.05) is 4.57 Å². The fraction of sp³-hybridized carbons (Fsp3) is 0.450. The van der Waals surface area contributed by atoms with Gasteiger partial charge in [-0.3, -0.25) is 10.1 Å². The molecule has 0 spiro atoms. The Morgan fingerprint density at radius 2 is 1.97 bits per heavy atom. The Balaban J connectivity index is 1.75. The Kier molecular flexibility index (Phi) is 8.02. The molecule has 0 aliphatic heterocycles. The highest BCUT2D eigenvalue weighted by atomic mass is 35.5. The van der Waals surface area contributed by atoms with Crippen LogP contribution in [0.15, 0.2) is 29.2 Å². The number of rotatable bonds is 11. The van der Waals surface area contributed by atoms with E-state index in [1.54, 1.807) is 12.1 Å². The first-order valence-corrected chi connectivity index (χ1v) is 12.5. The van der Waals surface area contributed by atoms with Gasteiger partial charge in [0.1, 0.15) is 11.4 Å². The second-order valence-electron chi connectivity index (χ2n) is 8.18. The molecule has 2 aromatic heterocycles. The molecule has 3 rings (SSSR count). The summed E-state index contributed by atoms with van der Waals surface area (Å²) in [6.07, 6.45) is 2.63. The Morgan fingerprint density at radius 1 is 1.26 bits per heavy atom. The summed E-state index contributed by atoms with van der Waals surface area (Å²) in [6.45, 7) is 5.04. The van der Waals surface area contributed by atoms with Crippen LogP contribution in [-0.4, -0.2) is 55.1 Å². The minimum atomic E-state index is -4.02. The topological polar surface area (TPSA) is 168 Å². The molecule has 0 bridgehead atoms. The van der Waals surface area contributed by atoms with E-state index in [1.165, 1.54) is 26.0 Å². The van der Waals surface area contributed by atoms with Crippen LogP contribution in [0.3, 0.4) is 0 Å². The van der Waals surface area contributed by atoms with Crippen LogP contribution in [0.4, 0.5) is 5.95 Å². The first-order chi connectivity index (χ1) is 16.1. The summed E-state index contributed by atoms with van der Waals surface area (Å²) < 4.78 is 30.0. The van der Waals surface area contributed by atoms with Crippen LogP contribution in [-0.2, 0) is 34.4 Å². The van der Waals surface area contributed by atoms with Gasteiger partial charge in [-0.05, 0) is 43.2 Å². The lowest BCUT2D eigenvalue weighted by molar-refractivity contribution is -0.120. The molecule has 14 heteroatoms. The van der Waals surface area contributed by atoms with Crippen molar-refractivity contribution in [3.63, 3.8) is 0 Å². The minimum absolute atomic E-state index is 0.00561. The number of aromatic amines is 1. The zero-order valence-corrected chi connectivity index (χ0v) is 20.6. The molecule has 0 saturated heterocycles. The maximum absolute atomic E-state index is 12.9. The zero-order valence-electron chi connectivity index (χ0n) is 19.0. The number of nitrogens with one attached hydrogen (secondary N) is 3. The third-order valence-electron chi connectivity index (χ3n) is 5.11. The molecule has 34 heavy (non-hydrogen) atoms. The number of carbonyl (C=O) groups is 1. The predicted octanol–water partition coefficient (Wildman–Crippen LogP) is 1.63. The summed E-state index contributed by atoms with van der Waals surface area (Å²) in [5, 5.41) is 25.1. The lowest BCUT2D eigenvalue weighted by Gasteiger charge is -2.24. The second-order valence-corrected chi connectivity index (χ2v) is 10.2. The van der Waals surface area contributed by atoms with Crippen molar-refractivity contribution in [1.29, 1.82) is 0 Å². The molecule has 1 aromatic carbocycles. The van der Waals surface area contributed by atoms with E-state index in [0.29, 0.717) is 18.7 Å². The molecular formula is C20H27ClN8O4S. The lowest BCUT2D eigenvalue weighted by atomic mass is 10.1. The number of nitrogens with zero attached hydrogens (tertiary/aromatic N) is 5. The van der Waals surface area contributed by atoms with Gasteiger partial charge in [0.2, 0.25) is 15.9 Å². The molecule has 12 nitrogen and oxygen atoms in total. The van der Waals surface area contributed by atoms with Gasteiger partial charge in [-0.25, -0.2) is 13.4 Å². The number of tetrazole rings is 1. The number of hydrogen-bond acceptors (Lipinski definition) is 8. The summed E-state index contributed by atoms with van der Waals surface area (Å²) in [6, 6.07) is 6.24. The largest absolute Gasteiger partial charge is 0.390 e. The van der Waals surface area contributed by atoms with Gasteiger partial charge in [0, 0.05) is 13.0 Å². The van der Waals surface area contributed by atoms with Crippen molar-refractivity contribution in [3.05, 3.63) is 46.5 Å². The van der Waals surface area contributed by atoms with E-state index >= 15 is 0 Å². The number of aliphatic hydroxyl groups is 1. The highest BCUT2D eigenvalue weighted by molar-refractivity contribution is 7.89. The number of amides is 1. The van der Waals surface area contributed by atoms with E-state index in [0.717, 1.165) is 24.2 Å². The van der Waals surface area contributed by atoms with Crippen LogP contribution in [0.1, 0.15) is 50.7 Å². The number of aromatic nitrogens is 6. The third-order valence-corrected chi connectivity index (χ3v) is 7.08. The number of sulfonamides is 1. The highest BCUT2D eigenvalue weighted by Crippen LogP contribution is 2.22. The number of aryl methyl sites for hydroxylation is 1. The van der Waals surface area contributed by atoms with Gasteiger partial charge >= 0.3 is 0 Å². The Hall–Kier alpha value is -2.87. The number of H-pyrrole nitrogens is 1. The monoisotopic (exact) mass is 510 g/mol. The zero-order chi connectivity index (χ0) is 24.9. The molecule has 0 atom stereocenters. The number of halogens is 1. The van der Waals surface area contributed by atoms with Gasteiger partial charge in [-0.2, -0.15) is 9.94 Å². The quantitative estimate of drug-likeness (QED) is 0.302. The third kappa shape index (κ3) is 5.97.